The molecular formula is C13H26N4O2. The zero-order valence-electron chi connectivity index (χ0n) is 12.2. The Morgan fingerprint density at radius 1 is 0.895 bits per heavy atom. The molecule has 2 amide bonds. The van der Waals surface area contributed by atoms with Gasteiger partial charge in [0.25, 0.3) is 0 Å². The van der Waals surface area contributed by atoms with Crippen LogP contribution >= 0.6 is 0 Å². The van der Waals surface area contributed by atoms with Crippen molar-refractivity contribution in [3.63, 3.8) is 0 Å². The summed E-state index contributed by atoms with van der Waals surface area (Å²) >= 11 is 0. The fourth-order valence-electron chi connectivity index (χ4n) is 2.00. The molecule has 0 bridgehead atoms. The average Bonchev–Trinajstić information content (AvgIpc) is 2.36. The molecule has 6 nitrogen and oxygen atoms in total. The molecule has 110 valence electrons. The molecule has 0 unspecified atom stereocenters. The van der Waals surface area contributed by atoms with E-state index >= 15 is 0 Å². The van der Waals surface area contributed by atoms with E-state index in [4.69, 9.17) is 0 Å². The van der Waals surface area contributed by atoms with E-state index in [0.717, 1.165) is 32.6 Å². The maximum atomic E-state index is 11.8. The molecular weight excluding hydrogens is 244 g/mol. The van der Waals surface area contributed by atoms with Crippen LogP contribution in [0.3, 0.4) is 0 Å². The van der Waals surface area contributed by atoms with E-state index in [-0.39, 0.29) is 11.8 Å². The summed E-state index contributed by atoms with van der Waals surface area (Å²) in [6.45, 7) is 6.47. The van der Waals surface area contributed by atoms with Gasteiger partial charge in [0.15, 0.2) is 0 Å². The molecule has 1 aliphatic rings. The van der Waals surface area contributed by atoms with E-state index in [1.165, 1.54) is 0 Å². The predicted octanol–water partition coefficient (Wildman–Crippen LogP) is -0.878. The zero-order chi connectivity index (χ0) is 14.3. The molecule has 0 saturated carbocycles. The molecule has 0 aromatic rings. The minimum absolute atomic E-state index is 0.198. The first-order chi connectivity index (χ1) is 9.00. The van der Waals surface area contributed by atoms with E-state index in [2.05, 4.69) is 20.4 Å². The van der Waals surface area contributed by atoms with Crippen LogP contribution < -0.4 is 10.6 Å². The molecule has 1 fully saturated rings. The fraction of sp³-hybridized carbons (Fsp3) is 0.846. The second-order valence-electron chi connectivity index (χ2n) is 5.26. The van der Waals surface area contributed by atoms with E-state index < -0.39 is 5.92 Å². The van der Waals surface area contributed by atoms with Crippen molar-refractivity contribution in [3.8, 4) is 0 Å². The summed E-state index contributed by atoms with van der Waals surface area (Å²) in [5.41, 5.74) is 0. The van der Waals surface area contributed by atoms with Crippen molar-refractivity contribution in [1.29, 1.82) is 0 Å². The topological polar surface area (TPSA) is 64.7 Å². The molecule has 0 radical (unpaired) electrons. The standard InChI is InChI=1S/C13H26N4O2/c1-11-12(18)14-5-9-16(2)7-4-8-17(3)10-6-15-13(11)19/h11H,4-10H2,1-3H3,(H,14,18)(H,15,19). The first-order valence-corrected chi connectivity index (χ1v) is 6.93. The van der Waals surface area contributed by atoms with Crippen LogP contribution in [0.4, 0.5) is 0 Å². The van der Waals surface area contributed by atoms with Gasteiger partial charge in [-0.3, -0.25) is 9.59 Å². The number of likely N-dealkylation sites (N-methyl/N-ethyl adjacent to an activating group) is 2. The smallest absolute Gasteiger partial charge is 0.232 e. The van der Waals surface area contributed by atoms with Crippen molar-refractivity contribution >= 4 is 11.8 Å². The normalized spacial score (nSPS) is 23.5. The number of carbonyl (C=O) groups is 2. The van der Waals surface area contributed by atoms with Gasteiger partial charge < -0.3 is 20.4 Å². The van der Waals surface area contributed by atoms with Gasteiger partial charge in [-0.2, -0.15) is 0 Å². The number of nitrogens with zero attached hydrogens (tertiary/aromatic N) is 2. The molecule has 1 saturated heterocycles. The number of hydrogen-bond acceptors (Lipinski definition) is 4. The highest BCUT2D eigenvalue weighted by Gasteiger charge is 2.20. The van der Waals surface area contributed by atoms with Crippen molar-refractivity contribution in [2.45, 2.75) is 13.3 Å². The SMILES string of the molecule is CC1C(=O)NCCN(C)CCCN(C)CCNC1=O. The summed E-state index contributed by atoms with van der Waals surface area (Å²) in [4.78, 5) is 27.9. The molecule has 1 heterocycles. The third kappa shape index (κ3) is 6.02. The summed E-state index contributed by atoms with van der Waals surface area (Å²) in [7, 11) is 4.10. The third-order valence-corrected chi connectivity index (χ3v) is 3.45. The van der Waals surface area contributed by atoms with Crippen LogP contribution in [-0.2, 0) is 9.59 Å². The highest BCUT2D eigenvalue weighted by Crippen LogP contribution is 1.96. The number of nitrogens with one attached hydrogen (secondary N) is 2. The second kappa shape index (κ2) is 8.12. The zero-order valence-corrected chi connectivity index (χ0v) is 12.2. The van der Waals surface area contributed by atoms with Gasteiger partial charge in [0.05, 0.1) is 0 Å². The minimum atomic E-state index is -0.626. The lowest BCUT2D eigenvalue weighted by Gasteiger charge is -2.22. The Morgan fingerprint density at radius 3 is 1.74 bits per heavy atom. The van der Waals surface area contributed by atoms with Crippen molar-refractivity contribution in [2.24, 2.45) is 5.92 Å². The Morgan fingerprint density at radius 2 is 1.32 bits per heavy atom. The number of rotatable bonds is 0. The van der Waals surface area contributed by atoms with Crippen LogP contribution in [0, 0.1) is 5.92 Å². The highest BCUT2D eigenvalue weighted by atomic mass is 16.2. The van der Waals surface area contributed by atoms with Crippen LogP contribution in [0.25, 0.3) is 0 Å². The summed E-state index contributed by atoms with van der Waals surface area (Å²) in [5.74, 6) is -1.02. The molecule has 19 heavy (non-hydrogen) atoms. The average molecular weight is 270 g/mol. The van der Waals surface area contributed by atoms with Gasteiger partial charge in [0.2, 0.25) is 11.8 Å². The lowest BCUT2D eigenvalue weighted by atomic mass is 10.1. The Labute approximate surface area is 115 Å². The van der Waals surface area contributed by atoms with E-state index in [0.29, 0.717) is 13.1 Å². The van der Waals surface area contributed by atoms with Crippen molar-refractivity contribution in [3.05, 3.63) is 0 Å². The molecule has 2 N–H and O–H groups in total. The van der Waals surface area contributed by atoms with Gasteiger partial charge in [-0.15, -0.1) is 0 Å². The summed E-state index contributed by atoms with van der Waals surface area (Å²) in [5, 5.41) is 5.61. The van der Waals surface area contributed by atoms with Gasteiger partial charge in [0.1, 0.15) is 5.92 Å². The molecule has 1 rings (SSSR count). The van der Waals surface area contributed by atoms with Gasteiger partial charge >= 0.3 is 0 Å². The Balaban J connectivity index is 2.53. The molecule has 6 heteroatoms. The predicted molar refractivity (Wildman–Crippen MR) is 74.8 cm³/mol. The Hall–Kier alpha value is -1.14. The first kappa shape index (κ1) is 15.9. The summed E-state index contributed by atoms with van der Waals surface area (Å²) in [6, 6.07) is 0. The van der Waals surface area contributed by atoms with Crippen LogP contribution in [0.15, 0.2) is 0 Å². The first-order valence-electron chi connectivity index (χ1n) is 6.93. The van der Waals surface area contributed by atoms with Crippen LogP contribution in [-0.4, -0.2) is 75.0 Å². The van der Waals surface area contributed by atoms with Gasteiger partial charge in [-0.25, -0.2) is 0 Å². The van der Waals surface area contributed by atoms with E-state index in [1.54, 1.807) is 6.92 Å². The number of amides is 2. The Bertz CT molecular complexity index is 281. The fourth-order valence-corrected chi connectivity index (χ4v) is 2.00. The number of hydrogen-bond donors (Lipinski definition) is 2. The van der Waals surface area contributed by atoms with Crippen molar-refractivity contribution in [1.82, 2.24) is 20.4 Å². The van der Waals surface area contributed by atoms with Crippen molar-refractivity contribution < 1.29 is 9.59 Å². The third-order valence-electron chi connectivity index (χ3n) is 3.45. The van der Waals surface area contributed by atoms with Gasteiger partial charge in [0, 0.05) is 26.2 Å². The minimum Gasteiger partial charge on any atom is -0.354 e. The van der Waals surface area contributed by atoms with Crippen molar-refractivity contribution in [2.75, 3.05) is 53.4 Å². The molecule has 0 spiro atoms. The van der Waals surface area contributed by atoms with Crippen LogP contribution in [0.2, 0.25) is 0 Å². The number of carbonyl (C=O) groups excluding carboxylic acids is 2. The van der Waals surface area contributed by atoms with Crippen LogP contribution in [0.5, 0.6) is 0 Å². The molecule has 0 aromatic heterocycles. The second-order valence-corrected chi connectivity index (χ2v) is 5.26. The van der Waals surface area contributed by atoms with E-state index in [9.17, 15) is 9.59 Å². The lowest BCUT2D eigenvalue weighted by Crippen LogP contribution is -2.44. The molecule has 0 aromatic carbocycles. The largest absolute Gasteiger partial charge is 0.354 e. The maximum Gasteiger partial charge on any atom is 0.232 e. The van der Waals surface area contributed by atoms with Crippen LogP contribution in [0.1, 0.15) is 13.3 Å². The monoisotopic (exact) mass is 270 g/mol. The summed E-state index contributed by atoms with van der Waals surface area (Å²) < 4.78 is 0. The molecule has 1 aliphatic heterocycles. The lowest BCUT2D eigenvalue weighted by molar-refractivity contribution is -0.134. The summed E-state index contributed by atoms with van der Waals surface area (Å²) in [6.07, 6.45) is 1.09. The maximum absolute atomic E-state index is 11.8. The molecule has 0 aliphatic carbocycles. The molecule has 0 atom stereocenters. The van der Waals surface area contributed by atoms with Gasteiger partial charge in [-0.1, -0.05) is 0 Å². The Kier molecular flexibility index (Phi) is 6.80. The van der Waals surface area contributed by atoms with E-state index in [1.807, 2.05) is 14.1 Å². The van der Waals surface area contributed by atoms with Gasteiger partial charge in [-0.05, 0) is 40.5 Å². The quantitative estimate of drug-likeness (QED) is 0.561. The highest BCUT2D eigenvalue weighted by molar-refractivity contribution is 5.99.